The number of likely N-dealkylation sites (tertiary alicyclic amines) is 1. The lowest BCUT2D eigenvalue weighted by Gasteiger charge is -2.40. The molecule has 160 valence electrons. The van der Waals surface area contributed by atoms with Gasteiger partial charge >= 0.3 is 5.91 Å². The maximum Gasteiger partial charge on any atom is 0.312 e. The van der Waals surface area contributed by atoms with E-state index in [4.69, 9.17) is 4.74 Å². The van der Waals surface area contributed by atoms with Gasteiger partial charge in [-0.1, -0.05) is 12.1 Å². The minimum absolute atomic E-state index is 0.0174. The normalized spacial score (nSPS) is 22.8. The predicted molar refractivity (Wildman–Crippen MR) is 119 cm³/mol. The summed E-state index contributed by atoms with van der Waals surface area (Å²) in [4.78, 5) is 16.7. The van der Waals surface area contributed by atoms with E-state index in [1.807, 2.05) is 42.4 Å². The highest BCUT2D eigenvalue weighted by atomic mass is 16.5. The molecule has 1 atom stereocenters. The molecule has 32 heavy (non-hydrogen) atoms. The summed E-state index contributed by atoms with van der Waals surface area (Å²) >= 11 is 0. The molecule has 0 radical (unpaired) electrons. The average Bonchev–Trinajstić information content (AvgIpc) is 3.30. The molecule has 0 saturated carbocycles. The fraction of sp³-hybridized carbons (Fsp3) is 0.280. The molecule has 4 aliphatic rings. The van der Waals surface area contributed by atoms with Crippen molar-refractivity contribution in [3.05, 3.63) is 71.2 Å². The fourth-order valence-electron chi connectivity index (χ4n) is 4.66. The van der Waals surface area contributed by atoms with E-state index in [0.29, 0.717) is 23.2 Å². The first-order valence-electron chi connectivity index (χ1n) is 10.8. The van der Waals surface area contributed by atoms with E-state index in [-0.39, 0.29) is 12.0 Å². The first-order valence-corrected chi connectivity index (χ1v) is 10.8. The van der Waals surface area contributed by atoms with Crippen molar-refractivity contribution in [2.45, 2.75) is 12.6 Å². The van der Waals surface area contributed by atoms with Crippen molar-refractivity contribution >= 4 is 12.0 Å². The number of nitriles is 1. The Balaban J connectivity index is 1.24. The zero-order valence-electron chi connectivity index (χ0n) is 18.2. The highest BCUT2D eigenvalue weighted by Gasteiger charge is 2.64. The van der Waals surface area contributed by atoms with Crippen LogP contribution in [0.5, 0.6) is 5.75 Å². The summed E-state index contributed by atoms with van der Waals surface area (Å²) in [6.45, 7) is 2.88. The summed E-state index contributed by atoms with van der Waals surface area (Å²) in [6.07, 6.45) is 6.10. The van der Waals surface area contributed by atoms with Gasteiger partial charge in [-0.3, -0.25) is 4.79 Å². The van der Waals surface area contributed by atoms with E-state index in [1.165, 1.54) is 0 Å². The molecule has 6 rings (SSSR count). The minimum Gasteiger partial charge on any atom is -0.486 e. The van der Waals surface area contributed by atoms with Crippen molar-refractivity contribution in [2.75, 3.05) is 33.9 Å². The first-order chi connectivity index (χ1) is 15.4. The lowest BCUT2D eigenvalue weighted by Crippen LogP contribution is -2.58. The second kappa shape index (κ2) is 6.62. The van der Waals surface area contributed by atoms with E-state index in [1.54, 1.807) is 0 Å². The van der Waals surface area contributed by atoms with Crippen LogP contribution in [0.2, 0.25) is 0 Å². The van der Waals surface area contributed by atoms with Crippen molar-refractivity contribution in [2.24, 2.45) is 0 Å². The number of ether oxygens (including phenoxy) is 1. The summed E-state index contributed by atoms with van der Waals surface area (Å²) < 4.78 is 7.09. The van der Waals surface area contributed by atoms with Crippen LogP contribution in [-0.4, -0.2) is 65.3 Å². The Morgan fingerprint density at radius 3 is 2.78 bits per heavy atom. The Hall–Kier alpha value is -3.76. The molecule has 0 aliphatic carbocycles. The number of fused-ring (bicyclic) bond motifs is 2. The fourth-order valence-corrected chi connectivity index (χ4v) is 4.66. The maximum atomic E-state index is 12.7. The molecular weight excluding hydrogens is 402 g/mol. The number of likely N-dealkylation sites (N-methyl/N-ethyl adjacent to an activating group) is 1. The number of rotatable bonds is 4. The topological polar surface area (TPSA) is 59.6 Å². The number of carbonyl (C=O) groups is 1. The molecule has 2 aromatic rings. The Morgan fingerprint density at radius 2 is 2.06 bits per heavy atom. The monoisotopic (exact) mass is 426 g/mol. The molecular formula is C25H24N5O2+. The molecule has 2 fully saturated rings. The van der Waals surface area contributed by atoms with Crippen LogP contribution >= 0.6 is 0 Å². The predicted octanol–water partition coefficient (Wildman–Crippen LogP) is 2.72. The number of hydrogen-bond donors (Lipinski definition) is 0. The van der Waals surface area contributed by atoms with Gasteiger partial charge in [0.15, 0.2) is 0 Å². The van der Waals surface area contributed by atoms with Crippen molar-refractivity contribution in [3.63, 3.8) is 0 Å². The summed E-state index contributed by atoms with van der Waals surface area (Å²) in [5.74, 6) is 0.972. The lowest BCUT2D eigenvalue weighted by atomic mass is 9.95. The third kappa shape index (κ3) is 2.88. The summed E-state index contributed by atoms with van der Waals surface area (Å²) in [6, 6.07) is 14.1. The maximum absolute atomic E-state index is 12.7. The van der Waals surface area contributed by atoms with Crippen LogP contribution < -0.4 is 4.74 Å². The van der Waals surface area contributed by atoms with Gasteiger partial charge in [0.25, 0.3) is 0 Å². The smallest absolute Gasteiger partial charge is 0.312 e. The van der Waals surface area contributed by atoms with E-state index in [0.717, 1.165) is 46.9 Å². The Bertz CT molecular complexity index is 1250. The third-order valence-electron chi connectivity index (χ3n) is 6.83. The summed E-state index contributed by atoms with van der Waals surface area (Å²) in [5.41, 5.74) is 5.80. The van der Waals surface area contributed by atoms with Crippen LogP contribution in [0, 0.1) is 11.3 Å². The Kier molecular flexibility index (Phi) is 3.92. The number of benzene rings is 2. The van der Waals surface area contributed by atoms with Crippen LogP contribution in [0.4, 0.5) is 0 Å². The number of carbonyl (C=O) groups excluding carboxylic acids is 1. The van der Waals surface area contributed by atoms with E-state index >= 15 is 0 Å². The highest BCUT2D eigenvalue weighted by Crippen LogP contribution is 2.44. The van der Waals surface area contributed by atoms with E-state index in [2.05, 4.69) is 47.4 Å². The van der Waals surface area contributed by atoms with Crippen molar-refractivity contribution in [1.82, 2.24) is 14.8 Å². The largest absolute Gasteiger partial charge is 0.486 e. The second-order valence-electron chi connectivity index (χ2n) is 9.15. The molecule has 0 spiro atoms. The van der Waals surface area contributed by atoms with Gasteiger partial charge in [-0.15, -0.1) is 0 Å². The molecule has 1 unspecified atom stereocenters. The standard InChI is InChI=1S/C25H24N5O2/c1-27-7-6-19-9-20(18-5-3-4-17(8-18)11-26)10-24(22(19)14-27)32-21-12-28(13-21)25(31)23-15-29-16-30(23,29)2/h3-10,15,21H,12-14,16H2,1-2H3/q+1. The number of nitrogens with zero attached hydrogens (tertiary/aromatic N) is 5. The molecule has 0 bridgehead atoms. The van der Waals surface area contributed by atoms with Crippen LogP contribution in [0.25, 0.3) is 17.2 Å². The van der Waals surface area contributed by atoms with Gasteiger partial charge in [0.2, 0.25) is 12.4 Å². The molecule has 7 nitrogen and oxygen atoms in total. The van der Waals surface area contributed by atoms with Gasteiger partial charge in [0, 0.05) is 19.2 Å². The van der Waals surface area contributed by atoms with Crippen molar-refractivity contribution in [1.29, 1.82) is 5.26 Å². The molecule has 7 heteroatoms. The van der Waals surface area contributed by atoms with Crippen molar-refractivity contribution < 1.29 is 14.1 Å². The molecule has 2 aromatic carbocycles. The summed E-state index contributed by atoms with van der Waals surface area (Å²) in [7, 11) is 4.10. The number of hydrogen-bond acceptors (Lipinski definition) is 5. The van der Waals surface area contributed by atoms with Crippen LogP contribution in [0.3, 0.4) is 0 Å². The molecule has 0 N–H and O–H groups in total. The zero-order chi connectivity index (χ0) is 22.0. The Labute approximate surface area is 187 Å². The quantitative estimate of drug-likeness (QED) is 0.556. The van der Waals surface area contributed by atoms with Gasteiger partial charge < -0.3 is 14.5 Å². The van der Waals surface area contributed by atoms with E-state index in [9.17, 15) is 10.1 Å². The molecule has 4 aliphatic heterocycles. The molecule has 0 aromatic heterocycles. The zero-order valence-corrected chi connectivity index (χ0v) is 18.2. The minimum atomic E-state index is -0.0174. The first kappa shape index (κ1) is 19.0. The Morgan fingerprint density at radius 1 is 1.22 bits per heavy atom. The number of amides is 1. The summed E-state index contributed by atoms with van der Waals surface area (Å²) in [5, 5.41) is 11.4. The van der Waals surface area contributed by atoms with Crippen molar-refractivity contribution in [3.8, 4) is 22.9 Å². The molecule has 4 heterocycles. The SMILES string of the molecule is CN1C=Cc2cc(-c3cccc(C#N)c3)cc(OC3CN(C(=O)C4=CN5C[N+]45C)C3)c2C1. The molecule has 2 saturated heterocycles. The van der Waals surface area contributed by atoms with Gasteiger partial charge in [-0.2, -0.15) is 14.9 Å². The third-order valence-corrected chi connectivity index (χ3v) is 6.83. The highest BCUT2D eigenvalue weighted by molar-refractivity contribution is 5.93. The van der Waals surface area contributed by atoms with Gasteiger partial charge in [-0.05, 0) is 53.2 Å². The second-order valence-corrected chi connectivity index (χ2v) is 9.15. The van der Waals surface area contributed by atoms with Gasteiger partial charge in [0.05, 0.1) is 31.8 Å². The average molecular weight is 427 g/mol. The van der Waals surface area contributed by atoms with E-state index < -0.39 is 0 Å². The van der Waals surface area contributed by atoms with Gasteiger partial charge in [0.1, 0.15) is 18.1 Å². The van der Waals surface area contributed by atoms with Crippen LogP contribution in [-0.2, 0) is 11.3 Å². The number of quaternary nitrogens is 1. The van der Waals surface area contributed by atoms with Crippen LogP contribution in [0.15, 0.2) is 54.5 Å². The van der Waals surface area contributed by atoms with Gasteiger partial charge in [-0.25, -0.2) is 0 Å². The molecule has 1 amide bonds. The lowest BCUT2D eigenvalue weighted by molar-refractivity contribution is -0.819. The van der Waals surface area contributed by atoms with Crippen LogP contribution in [0.1, 0.15) is 16.7 Å².